The standard InChI is InChI=1S/C17H21N5OS/c1-11-8-13-14(9-12(11)2)20-15(19-13)10-22(3)6-4-16(23)21-17-18-5-7-24-17/h5,7-9H,4,6,10H2,1-3H3,(H,19,20)(H,18,21,23). The van der Waals surface area contributed by atoms with Crippen molar-refractivity contribution < 1.29 is 4.79 Å². The molecule has 7 heteroatoms. The number of hydrogen-bond donors (Lipinski definition) is 2. The van der Waals surface area contributed by atoms with Gasteiger partial charge in [0, 0.05) is 24.5 Å². The number of thiazole rings is 1. The van der Waals surface area contributed by atoms with E-state index in [0.29, 0.717) is 24.6 Å². The van der Waals surface area contributed by atoms with Crippen LogP contribution in [-0.2, 0) is 11.3 Å². The van der Waals surface area contributed by atoms with Crippen LogP contribution in [0.5, 0.6) is 0 Å². The number of rotatable bonds is 6. The lowest BCUT2D eigenvalue weighted by Gasteiger charge is -2.14. The molecule has 0 fully saturated rings. The van der Waals surface area contributed by atoms with Crippen molar-refractivity contribution in [2.24, 2.45) is 0 Å². The highest BCUT2D eigenvalue weighted by atomic mass is 32.1. The van der Waals surface area contributed by atoms with Gasteiger partial charge in [0.05, 0.1) is 17.6 Å². The first kappa shape index (κ1) is 16.6. The van der Waals surface area contributed by atoms with Crippen LogP contribution in [0.2, 0.25) is 0 Å². The summed E-state index contributed by atoms with van der Waals surface area (Å²) in [6, 6.07) is 4.23. The Morgan fingerprint density at radius 2 is 2.12 bits per heavy atom. The lowest BCUT2D eigenvalue weighted by atomic mass is 10.1. The third-order valence-electron chi connectivity index (χ3n) is 3.97. The van der Waals surface area contributed by atoms with Crippen LogP contribution < -0.4 is 5.32 Å². The molecule has 0 aliphatic heterocycles. The zero-order chi connectivity index (χ0) is 17.1. The number of H-pyrrole nitrogens is 1. The molecule has 2 N–H and O–H groups in total. The summed E-state index contributed by atoms with van der Waals surface area (Å²) in [6.07, 6.45) is 2.10. The monoisotopic (exact) mass is 343 g/mol. The SMILES string of the molecule is Cc1cc2nc(CN(C)CCC(=O)Nc3nccs3)[nH]c2cc1C. The Hall–Kier alpha value is -2.25. The van der Waals surface area contributed by atoms with Gasteiger partial charge in [0.2, 0.25) is 5.91 Å². The number of carbonyl (C=O) groups excluding carboxylic acids is 1. The molecule has 0 spiro atoms. The Morgan fingerprint density at radius 3 is 2.88 bits per heavy atom. The Bertz CT molecular complexity index is 801. The van der Waals surface area contributed by atoms with Crippen LogP contribution in [0, 0.1) is 13.8 Å². The number of hydrogen-bond acceptors (Lipinski definition) is 5. The molecule has 3 rings (SSSR count). The van der Waals surface area contributed by atoms with Crippen molar-refractivity contribution in [1.29, 1.82) is 0 Å². The Kier molecular flexibility index (Phi) is 4.92. The molecule has 1 aromatic carbocycles. The second-order valence-electron chi connectivity index (χ2n) is 6.01. The first-order chi connectivity index (χ1) is 11.5. The van der Waals surface area contributed by atoms with Crippen molar-refractivity contribution in [2.45, 2.75) is 26.8 Å². The maximum Gasteiger partial charge on any atom is 0.227 e. The fourth-order valence-corrected chi connectivity index (χ4v) is 3.04. The number of fused-ring (bicyclic) bond motifs is 1. The van der Waals surface area contributed by atoms with E-state index in [1.54, 1.807) is 6.20 Å². The van der Waals surface area contributed by atoms with Gasteiger partial charge in [-0.2, -0.15) is 0 Å². The van der Waals surface area contributed by atoms with E-state index in [1.165, 1.54) is 22.5 Å². The number of aryl methyl sites for hydroxylation is 2. The molecule has 0 bridgehead atoms. The van der Waals surface area contributed by atoms with Crippen LogP contribution in [0.1, 0.15) is 23.4 Å². The van der Waals surface area contributed by atoms with Gasteiger partial charge in [-0.15, -0.1) is 11.3 Å². The Labute approximate surface area is 144 Å². The highest BCUT2D eigenvalue weighted by Gasteiger charge is 2.10. The summed E-state index contributed by atoms with van der Waals surface area (Å²) in [5, 5.41) is 5.28. The van der Waals surface area contributed by atoms with Crippen molar-refractivity contribution in [3.8, 4) is 0 Å². The van der Waals surface area contributed by atoms with Gasteiger partial charge in [0.15, 0.2) is 5.13 Å². The first-order valence-electron chi connectivity index (χ1n) is 7.85. The lowest BCUT2D eigenvalue weighted by molar-refractivity contribution is -0.116. The van der Waals surface area contributed by atoms with Crippen LogP contribution in [0.4, 0.5) is 5.13 Å². The highest BCUT2D eigenvalue weighted by molar-refractivity contribution is 7.13. The average Bonchev–Trinajstić information content (AvgIpc) is 3.15. The number of anilines is 1. The number of imidazole rings is 1. The second kappa shape index (κ2) is 7.11. The number of aromatic nitrogens is 3. The van der Waals surface area contributed by atoms with Crippen LogP contribution in [0.3, 0.4) is 0 Å². The molecule has 0 aliphatic carbocycles. The molecule has 2 aromatic heterocycles. The van der Waals surface area contributed by atoms with E-state index in [2.05, 4.69) is 51.1 Å². The van der Waals surface area contributed by atoms with Gasteiger partial charge < -0.3 is 10.3 Å². The van der Waals surface area contributed by atoms with Crippen molar-refractivity contribution in [3.63, 3.8) is 0 Å². The number of nitrogens with zero attached hydrogens (tertiary/aromatic N) is 3. The van der Waals surface area contributed by atoms with Crippen LogP contribution in [0.15, 0.2) is 23.7 Å². The van der Waals surface area contributed by atoms with Gasteiger partial charge in [-0.05, 0) is 44.2 Å². The molecule has 0 saturated heterocycles. The zero-order valence-electron chi connectivity index (χ0n) is 14.1. The normalized spacial score (nSPS) is 11.3. The molecule has 126 valence electrons. The summed E-state index contributed by atoms with van der Waals surface area (Å²) in [6.45, 7) is 5.53. The number of carbonyl (C=O) groups is 1. The van der Waals surface area contributed by atoms with E-state index >= 15 is 0 Å². The van der Waals surface area contributed by atoms with E-state index in [-0.39, 0.29) is 5.91 Å². The highest BCUT2D eigenvalue weighted by Crippen LogP contribution is 2.18. The fourth-order valence-electron chi connectivity index (χ4n) is 2.49. The zero-order valence-corrected chi connectivity index (χ0v) is 14.9. The van der Waals surface area contributed by atoms with E-state index < -0.39 is 0 Å². The minimum atomic E-state index is -0.0207. The fraction of sp³-hybridized carbons (Fsp3) is 0.353. The minimum absolute atomic E-state index is 0.0207. The molecule has 0 aliphatic rings. The molecule has 0 saturated carbocycles. The third-order valence-corrected chi connectivity index (χ3v) is 4.65. The van der Waals surface area contributed by atoms with E-state index in [9.17, 15) is 4.79 Å². The molecule has 0 radical (unpaired) electrons. The van der Waals surface area contributed by atoms with Crippen molar-refractivity contribution in [1.82, 2.24) is 19.9 Å². The quantitative estimate of drug-likeness (QED) is 0.721. The Balaban J connectivity index is 1.54. The smallest absolute Gasteiger partial charge is 0.227 e. The number of benzene rings is 1. The topological polar surface area (TPSA) is 73.9 Å². The maximum atomic E-state index is 11.9. The first-order valence-corrected chi connectivity index (χ1v) is 8.73. The number of amides is 1. The summed E-state index contributed by atoms with van der Waals surface area (Å²) in [4.78, 5) is 26.0. The Morgan fingerprint density at radius 1 is 1.33 bits per heavy atom. The molecule has 1 amide bonds. The van der Waals surface area contributed by atoms with Gasteiger partial charge in [-0.25, -0.2) is 9.97 Å². The van der Waals surface area contributed by atoms with Crippen LogP contribution in [-0.4, -0.2) is 39.4 Å². The van der Waals surface area contributed by atoms with E-state index in [4.69, 9.17) is 0 Å². The molecule has 3 aromatic rings. The molecule has 0 unspecified atom stereocenters. The maximum absolute atomic E-state index is 11.9. The number of aromatic amines is 1. The van der Waals surface area contributed by atoms with E-state index in [0.717, 1.165) is 16.9 Å². The molecule has 6 nitrogen and oxygen atoms in total. The predicted octanol–water partition coefficient (Wildman–Crippen LogP) is 3.10. The summed E-state index contributed by atoms with van der Waals surface area (Å²) in [7, 11) is 1.99. The summed E-state index contributed by atoms with van der Waals surface area (Å²) in [5.41, 5.74) is 4.55. The predicted molar refractivity (Wildman–Crippen MR) is 97.3 cm³/mol. The molecule has 2 heterocycles. The third kappa shape index (κ3) is 3.98. The van der Waals surface area contributed by atoms with Crippen LogP contribution >= 0.6 is 11.3 Å². The lowest BCUT2D eigenvalue weighted by Crippen LogP contribution is -2.24. The van der Waals surface area contributed by atoms with Crippen molar-refractivity contribution >= 4 is 33.4 Å². The second-order valence-corrected chi connectivity index (χ2v) is 6.90. The minimum Gasteiger partial charge on any atom is -0.341 e. The molecule has 0 atom stereocenters. The van der Waals surface area contributed by atoms with Gasteiger partial charge in [0.1, 0.15) is 5.82 Å². The van der Waals surface area contributed by atoms with Gasteiger partial charge >= 0.3 is 0 Å². The van der Waals surface area contributed by atoms with Gasteiger partial charge in [0.25, 0.3) is 0 Å². The average molecular weight is 343 g/mol. The van der Waals surface area contributed by atoms with Gasteiger partial charge in [-0.1, -0.05) is 0 Å². The number of nitrogens with one attached hydrogen (secondary N) is 2. The summed E-state index contributed by atoms with van der Waals surface area (Å²) < 4.78 is 0. The molecule has 24 heavy (non-hydrogen) atoms. The van der Waals surface area contributed by atoms with Gasteiger partial charge in [-0.3, -0.25) is 9.69 Å². The molecular weight excluding hydrogens is 322 g/mol. The largest absolute Gasteiger partial charge is 0.341 e. The molecular formula is C17H21N5OS. The summed E-state index contributed by atoms with van der Waals surface area (Å²) in [5.74, 6) is 0.894. The van der Waals surface area contributed by atoms with E-state index in [1.807, 2.05) is 12.4 Å². The summed E-state index contributed by atoms with van der Waals surface area (Å²) >= 11 is 1.42. The van der Waals surface area contributed by atoms with Crippen LogP contribution in [0.25, 0.3) is 11.0 Å². The van der Waals surface area contributed by atoms with Crippen molar-refractivity contribution in [3.05, 3.63) is 40.7 Å². The van der Waals surface area contributed by atoms with Crippen molar-refractivity contribution in [2.75, 3.05) is 18.9 Å².